The summed E-state index contributed by atoms with van der Waals surface area (Å²) in [4.78, 5) is 33.3. The van der Waals surface area contributed by atoms with Gasteiger partial charge in [-0.25, -0.2) is 9.97 Å². The van der Waals surface area contributed by atoms with Gasteiger partial charge >= 0.3 is 0 Å². The molecule has 5 heterocycles. The van der Waals surface area contributed by atoms with Gasteiger partial charge in [0, 0.05) is 42.0 Å². The maximum absolute atomic E-state index is 12.9. The molecule has 9 nitrogen and oxygen atoms in total. The van der Waals surface area contributed by atoms with Crippen molar-refractivity contribution < 1.29 is 9.53 Å². The van der Waals surface area contributed by atoms with E-state index in [2.05, 4.69) is 31.2 Å². The molecule has 0 radical (unpaired) electrons. The van der Waals surface area contributed by atoms with Crippen LogP contribution >= 0.6 is 0 Å². The molecule has 2 aliphatic heterocycles. The Kier molecular flexibility index (Phi) is 5.74. The van der Waals surface area contributed by atoms with Crippen molar-refractivity contribution in [2.75, 3.05) is 24.6 Å². The third kappa shape index (κ3) is 4.36. The van der Waals surface area contributed by atoms with E-state index in [4.69, 9.17) is 9.72 Å². The maximum atomic E-state index is 12.9. The predicted octanol–water partition coefficient (Wildman–Crippen LogP) is 3.54. The van der Waals surface area contributed by atoms with Gasteiger partial charge in [0.15, 0.2) is 5.82 Å². The summed E-state index contributed by atoms with van der Waals surface area (Å²) in [6, 6.07) is 13.6. The number of benzene rings is 1. The molecule has 2 aliphatic rings. The molecular formula is C28H25N7O2. The molecule has 0 bridgehead atoms. The van der Waals surface area contributed by atoms with Gasteiger partial charge in [-0.2, -0.15) is 5.26 Å². The highest BCUT2D eigenvalue weighted by Crippen LogP contribution is 2.32. The number of pyridine rings is 2. The van der Waals surface area contributed by atoms with E-state index in [1.807, 2.05) is 31.2 Å². The van der Waals surface area contributed by atoms with Crippen LogP contribution in [0.2, 0.25) is 0 Å². The van der Waals surface area contributed by atoms with Crippen molar-refractivity contribution >= 4 is 22.6 Å². The first kappa shape index (κ1) is 23.0. The number of ether oxygens (including phenoxy) is 1. The van der Waals surface area contributed by atoms with Crippen LogP contribution in [0.4, 0.5) is 5.82 Å². The highest BCUT2D eigenvalue weighted by atomic mass is 16.5. The number of amides is 1. The SMILES string of the molecule is C[C@@]1(C#N)COCc2ccc(C(=O)NCc3cc4cc(-c5nccc(N6CCC6)n5)cnc4cn3)cc21. The van der Waals surface area contributed by atoms with Crippen molar-refractivity contribution in [3.05, 3.63) is 77.4 Å². The molecule has 184 valence electrons. The van der Waals surface area contributed by atoms with E-state index in [0.717, 1.165) is 46.5 Å². The fraction of sp³-hybridized carbons (Fsp3) is 0.286. The van der Waals surface area contributed by atoms with Crippen LogP contribution in [0.3, 0.4) is 0 Å². The van der Waals surface area contributed by atoms with Crippen molar-refractivity contribution in [2.24, 2.45) is 0 Å². The number of nitrogens with zero attached hydrogens (tertiary/aromatic N) is 6. The zero-order valence-electron chi connectivity index (χ0n) is 20.4. The van der Waals surface area contributed by atoms with Crippen molar-refractivity contribution in [3.63, 3.8) is 0 Å². The summed E-state index contributed by atoms with van der Waals surface area (Å²) >= 11 is 0. The normalized spacial score (nSPS) is 18.5. The van der Waals surface area contributed by atoms with E-state index in [-0.39, 0.29) is 12.5 Å². The molecule has 37 heavy (non-hydrogen) atoms. The lowest BCUT2D eigenvalue weighted by molar-refractivity contribution is 0.0757. The average Bonchev–Trinajstić information content (AvgIpc) is 2.90. The molecule has 1 aromatic carbocycles. The molecule has 1 amide bonds. The van der Waals surface area contributed by atoms with Crippen molar-refractivity contribution in [1.82, 2.24) is 25.3 Å². The minimum Gasteiger partial charge on any atom is -0.375 e. The van der Waals surface area contributed by atoms with Crippen molar-refractivity contribution in [2.45, 2.75) is 31.9 Å². The van der Waals surface area contributed by atoms with Crippen LogP contribution in [0.1, 0.15) is 40.5 Å². The van der Waals surface area contributed by atoms with Gasteiger partial charge in [0.05, 0.1) is 43.2 Å². The zero-order chi connectivity index (χ0) is 25.4. The second-order valence-electron chi connectivity index (χ2n) is 9.66. The minimum absolute atomic E-state index is 0.223. The number of anilines is 1. The van der Waals surface area contributed by atoms with E-state index >= 15 is 0 Å². The number of carbonyl (C=O) groups is 1. The van der Waals surface area contributed by atoms with Crippen LogP contribution in [-0.2, 0) is 23.3 Å². The van der Waals surface area contributed by atoms with E-state index in [0.29, 0.717) is 30.3 Å². The Morgan fingerprint density at radius 1 is 1.16 bits per heavy atom. The Morgan fingerprint density at radius 2 is 2.05 bits per heavy atom. The lowest BCUT2D eigenvalue weighted by atomic mass is 9.79. The molecule has 1 N–H and O–H groups in total. The van der Waals surface area contributed by atoms with Crippen molar-refractivity contribution in [3.8, 4) is 17.5 Å². The number of nitriles is 1. The highest BCUT2D eigenvalue weighted by molar-refractivity contribution is 5.94. The summed E-state index contributed by atoms with van der Waals surface area (Å²) in [5, 5.41) is 13.5. The minimum atomic E-state index is -0.771. The lowest BCUT2D eigenvalue weighted by Gasteiger charge is -2.31. The summed E-state index contributed by atoms with van der Waals surface area (Å²) in [5.41, 5.74) is 3.81. The van der Waals surface area contributed by atoms with Crippen LogP contribution < -0.4 is 10.2 Å². The lowest BCUT2D eigenvalue weighted by Crippen LogP contribution is -2.37. The molecular weight excluding hydrogens is 466 g/mol. The fourth-order valence-electron chi connectivity index (χ4n) is 4.67. The molecule has 1 atom stereocenters. The highest BCUT2D eigenvalue weighted by Gasteiger charge is 2.33. The monoisotopic (exact) mass is 491 g/mol. The number of hydrogen-bond donors (Lipinski definition) is 1. The number of fused-ring (bicyclic) bond motifs is 2. The molecule has 3 aromatic heterocycles. The van der Waals surface area contributed by atoms with Crippen LogP contribution in [-0.4, -0.2) is 45.5 Å². The summed E-state index contributed by atoms with van der Waals surface area (Å²) in [7, 11) is 0. The molecule has 1 saturated heterocycles. The third-order valence-corrected chi connectivity index (χ3v) is 7.00. The Labute approximate surface area is 214 Å². The number of rotatable bonds is 5. The Hall–Kier alpha value is -4.42. The Morgan fingerprint density at radius 3 is 2.86 bits per heavy atom. The first-order chi connectivity index (χ1) is 18.0. The van der Waals surface area contributed by atoms with E-state index in [1.165, 1.54) is 6.42 Å². The molecule has 6 rings (SSSR count). The molecule has 0 spiro atoms. The second-order valence-corrected chi connectivity index (χ2v) is 9.66. The molecule has 0 aliphatic carbocycles. The van der Waals surface area contributed by atoms with Gasteiger partial charge < -0.3 is 15.0 Å². The first-order valence-corrected chi connectivity index (χ1v) is 12.3. The Bertz CT molecular complexity index is 1560. The predicted molar refractivity (Wildman–Crippen MR) is 138 cm³/mol. The van der Waals surface area contributed by atoms with E-state index in [1.54, 1.807) is 30.7 Å². The summed E-state index contributed by atoms with van der Waals surface area (Å²) in [5.74, 6) is 1.34. The molecule has 4 aromatic rings. The average molecular weight is 492 g/mol. The zero-order valence-corrected chi connectivity index (χ0v) is 20.4. The topological polar surface area (TPSA) is 117 Å². The summed E-state index contributed by atoms with van der Waals surface area (Å²) in [6.45, 7) is 4.89. The van der Waals surface area contributed by atoms with E-state index in [9.17, 15) is 10.1 Å². The molecule has 1 fully saturated rings. The third-order valence-electron chi connectivity index (χ3n) is 7.00. The van der Waals surface area contributed by atoms with Gasteiger partial charge in [0.2, 0.25) is 0 Å². The van der Waals surface area contributed by atoms with Gasteiger partial charge in [0.25, 0.3) is 5.91 Å². The van der Waals surface area contributed by atoms with Crippen LogP contribution in [0.5, 0.6) is 0 Å². The quantitative estimate of drug-likeness (QED) is 0.451. The van der Waals surface area contributed by atoms with Gasteiger partial charge in [0.1, 0.15) is 11.2 Å². The summed E-state index contributed by atoms with van der Waals surface area (Å²) in [6.07, 6.45) is 6.43. The first-order valence-electron chi connectivity index (χ1n) is 12.3. The second kappa shape index (κ2) is 9.22. The summed E-state index contributed by atoms with van der Waals surface area (Å²) < 4.78 is 5.56. The van der Waals surface area contributed by atoms with E-state index < -0.39 is 5.41 Å². The van der Waals surface area contributed by atoms with Gasteiger partial charge in [-0.3, -0.25) is 14.8 Å². The smallest absolute Gasteiger partial charge is 0.251 e. The fourth-order valence-corrected chi connectivity index (χ4v) is 4.67. The number of carbonyl (C=O) groups excluding carboxylic acids is 1. The van der Waals surface area contributed by atoms with Gasteiger partial charge in [-0.1, -0.05) is 6.07 Å². The van der Waals surface area contributed by atoms with Crippen LogP contribution in [0.15, 0.2) is 55.0 Å². The van der Waals surface area contributed by atoms with Gasteiger partial charge in [-0.15, -0.1) is 0 Å². The number of aromatic nitrogens is 4. The number of nitrogens with one attached hydrogen (secondary N) is 1. The number of hydrogen-bond acceptors (Lipinski definition) is 8. The Balaban J connectivity index is 1.20. The van der Waals surface area contributed by atoms with Crippen LogP contribution in [0.25, 0.3) is 22.3 Å². The maximum Gasteiger partial charge on any atom is 0.251 e. The standard InChI is InChI=1S/C28H25N7O2/c1-28(16-29)17-37-15-19-4-3-18(11-23(19)28)27(36)33-13-22-10-20-9-21(12-32-24(20)14-31-22)26-30-6-5-25(34-26)35-7-2-8-35/h3-6,9-12,14H,2,7-8,13,15,17H2,1H3,(H,33,36)/t28-/m1/s1. The van der Waals surface area contributed by atoms with Crippen molar-refractivity contribution in [1.29, 1.82) is 5.26 Å². The largest absolute Gasteiger partial charge is 0.375 e. The van der Waals surface area contributed by atoms with Crippen LogP contribution in [0, 0.1) is 11.3 Å². The molecule has 0 unspecified atom stereocenters. The molecule has 9 heteroatoms. The molecule has 0 saturated carbocycles. The van der Waals surface area contributed by atoms with Gasteiger partial charge in [-0.05, 0) is 54.8 Å².